The van der Waals surface area contributed by atoms with Crippen LogP contribution in [-0.2, 0) is 14.3 Å². The van der Waals surface area contributed by atoms with E-state index in [0.717, 1.165) is 11.8 Å². The lowest BCUT2D eigenvalue weighted by atomic mass is 10.1. The highest BCUT2D eigenvalue weighted by Crippen LogP contribution is 2.35. The van der Waals surface area contributed by atoms with Gasteiger partial charge in [0.1, 0.15) is 5.60 Å². The second-order valence-electron chi connectivity index (χ2n) is 8.35. The quantitative estimate of drug-likeness (QED) is 0.276. The summed E-state index contributed by atoms with van der Waals surface area (Å²) in [4.78, 5) is 42.8. The van der Waals surface area contributed by atoms with Crippen LogP contribution < -0.4 is 5.32 Å². The molecule has 2 aromatic carbocycles. The summed E-state index contributed by atoms with van der Waals surface area (Å²) in [6.45, 7) is 7.22. The number of ether oxygens (including phenoxy) is 2. The van der Waals surface area contributed by atoms with Gasteiger partial charge in [-0.05, 0) is 45.9 Å². The van der Waals surface area contributed by atoms with Crippen LogP contribution in [0.3, 0.4) is 0 Å². The maximum absolute atomic E-state index is 12.9. The van der Waals surface area contributed by atoms with Gasteiger partial charge in [-0.25, -0.2) is 4.79 Å². The number of carbonyl (C=O) groups is 3. The van der Waals surface area contributed by atoms with Crippen LogP contribution in [0.2, 0.25) is 10.0 Å². The van der Waals surface area contributed by atoms with E-state index in [9.17, 15) is 14.4 Å². The number of nitrogens with one attached hydrogen (secondary N) is 1. The molecule has 1 amide bonds. The Kier molecular flexibility index (Phi) is 8.64. The first-order valence-corrected chi connectivity index (χ1v) is 12.4. The van der Waals surface area contributed by atoms with Crippen LogP contribution in [0.1, 0.15) is 48.4 Å². The Morgan fingerprint density at radius 3 is 2.34 bits per heavy atom. The third kappa shape index (κ3) is 6.66. The summed E-state index contributed by atoms with van der Waals surface area (Å²) in [6.07, 6.45) is 1.37. The van der Waals surface area contributed by atoms with E-state index in [1.807, 2.05) is 0 Å². The summed E-state index contributed by atoms with van der Waals surface area (Å²) < 4.78 is 10.6. The zero-order valence-electron chi connectivity index (χ0n) is 19.6. The Morgan fingerprint density at radius 2 is 1.71 bits per heavy atom. The molecule has 0 saturated heterocycles. The van der Waals surface area contributed by atoms with Gasteiger partial charge in [0.2, 0.25) is 0 Å². The van der Waals surface area contributed by atoms with Crippen LogP contribution in [0.15, 0.2) is 47.5 Å². The number of hydrogen-bond donors (Lipinski definition) is 1. The van der Waals surface area contributed by atoms with Crippen molar-refractivity contribution in [2.24, 2.45) is 0 Å². The van der Waals surface area contributed by atoms with Crippen molar-refractivity contribution in [3.05, 3.63) is 63.8 Å². The van der Waals surface area contributed by atoms with Crippen molar-refractivity contribution in [2.45, 2.75) is 38.2 Å². The first kappa shape index (κ1) is 26.8. The molecule has 7 nitrogen and oxygen atoms in total. The molecule has 0 fully saturated rings. The number of nitrogens with zero attached hydrogens (tertiary/aromatic N) is 1. The zero-order valence-corrected chi connectivity index (χ0v) is 21.9. The molecule has 0 radical (unpaired) electrons. The fourth-order valence-electron chi connectivity index (χ4n) is 3.21. The van der Waals surface area contributed by atoms with Crippen molar-refractivity contribution in [1.29, 1.82) is 0 Å². The van der Waals surface area contributed by atoms with Crippen LogP contribution in [0, 0.1) is 0 Å². The van der Waals surface area contributed by atoms with E-state index in [1.54, 1.807) is 64.1 Å². The molecule has 0 aliphatic carbocycles. The van der Waals surface area contributed by atoms with Gasteiger partial charge in [-0.15, -0.1) is 11.8 Å². The van der Waals surface area contributed by atoms with Gasteiger partial charge in [0.25, 0.3) is 5.91 Å². The number of para-hydroxylation sites is 1. The van der Waals surface area contributed by atoms with Crippen LogP contribution >= 0.6 is 35.0 Å². The van der Waals surface area contributed by atoms with E-state index >= 15 is 0 Å². The van der Waals surface area contributed by atoms with Crippen LogP contribution in [0.25, 0.3) is 10.9 Å². The second-order valence-corrected chi connectivity index (χ2v) is 10.1. The van der Waals surface area contributed by atoms with Crippen molar-refractivity contribution < 1.29 is 23.9 Å². The Labute approximate surface area is 217 Å². The third-order valence-electron chi connectivity index (χ3n) is 4.54. The van der Waals surface area contributed by atoms with Gasteiger partial charge in [-0.1, -0.05) is 41.4 Å². The average Bonchev–Trinajstić information content (AvgIpc) is 2.76. The lowest BCUT2D eigenvalue weighted by molar-refractivity contribution is -0.151. The molecule has 184 valence electrons. The first-order chi connectivity index (χ1) is 16.5. The normalized spacial score (nSPS) is 11.3. The molecule has 0 aliphatic rings. The van der Waals surface area contributed by atoms with Crippen LogP contribution in [0.5, 0.6) is 0 Å². The summed E-state index contributed by atoms with van der Waals surface area (Å²) >= 11 is 13.5. The molecule has 3 aromatic rings. The van der Waals surface area contributed by atoms with Gasteiger partial charge in [0.15, 0.2) is 0 Å². The number of amides is 1. The third-order valence-corrected chi connectivity index (χ3v) is 6.27. The van der Waals surface area contributed by atoms with E-state index in [0.29, 0.717) is 21.5 Å². The Balaban J connectivity index is 2.02. The number of aromatic nitrogens is 1. The molecule has 1 heterocycles. The number of carbonyl (C=O) groups excluding carboxylic acids is 3. The topological polar surface area (TPSA) is 94.6 Å². The predicted molar refractivity (Wildman–Crippen MR) is 139 cm³/mol. The number of esters is 2. The average molecular weight is 535 g/mol. The van der Waals surface area contributed by atoms with Crippen LogP contribution in [0.4, 0.5) is 5.69 Å². The maximum Gasteiger partial charge on any atom is 0.340 e. The predicted octanol–water partition coefficient (Wildman–Crippen LogP) is 6.40. The SMILES string of the molecule is CCOC(=O)c1cnc2c(NC(=O)c3c(Cl)cccc3Cl)cccc2c1SCC(=O)OC(C)(C)C. The smallest absolute Gasteiger partial charge is 0.340 e. The van der Waals surface area contributed by atoms with Crippen LogP contribution in [-0.4, -0.2) is 40.8 Å². The van der Waals surface area contributed by atoms with Gasteiger partial charge in [-0.3, -0.25) is 14.6 Å². The monoisotopic (exact) mass is 534 g/mol. The number of benzene rings is 2. The number of pyridine rings is 1. The molecule has 0 unspecified atom stereocenters. The number of thioether (sulfide) groups is 1. The van der Waals surface area contributed by atoms with Gasteiger partial charge in [0.05, 0.1) is 44.7 Å². The minimum Gasteiger partial charge on any atom is -0.462 e. The summed E-state index contributed by atoms with van der Waals surface area (Å²) in [7, 11) is 0. The van der Waals surface area contributed by atoms with Gasteiger partial charge >= 0.3 is 11.9 Å². The van der Waals surface area contributed by atoms with E-state index in [4.69, 9.17) is 32.7 Å². The van der Waals surface area contributed by atoms with Crippen molar-refractivity contribution in [2.75, 3.05) is 17.7 Å². The highest BCUT2D eigenvalue weighted by Gasteiger charge is 2.23. The number of hydrogen-bond acceptors (Lipinski definition) is 7. The Morgan fingerprint density at radius 1 is 1.06 bits per heavy atom. The van der Waals surface area contributed by atoms with E-state index in [1.165, 1.54) is 6.20 Å². The fraction of sp³-hybridized carbons (Fsp3) is 0.280. The summed E-state index contributed by atoms with van der Waals surface area (Å²) in [5.74, 6) is -1.53. The highest BCUT2D eigenvalue weighted by molar-refractivity contribution is 8.00. The molecule has 0 atom stereocenters. The van der Waals surface area contributed by atoms with Crippen molar-refractivity contribution in [1.82, 2.24) is 4.98 Å². The number of fused-ring (bicyclic) bond motifs is 1. The molecule has 1 aromatic heterocycles. The summed E-state index contributed by atoms with van der Waals surface area (Å²) in [5, 5.41) is 3.77. The van der Waals surface area contributed by atoms with Gasteiger partial charge in [0, 0.05) is 16.5 Å². The summed E-state index contributed by atoms with van der Waals surface area (Å²) in [5.41, 5.74) is 0.516. The van der Waals surface area contributed by atoms with E-state index in [-0.39, 0.29) is 33.5 Å². The molecule has 3 rings (SSSR count). The molecule has 10 heteroatoms. The standard InChI is InChI=1S/C25H24Cl2N2O5S/c1-5-33-24(32)15-12-28-21-14(22(15)35-13-19(30)34-25(2,3)4)8-6-11-18(21)29-23(31)20-16(26)9-7-10-17(20)27/h6-12H,5,13H2,1-4H3,(H,29,31). The maximum atomic E-state index is 12.9. The highest BCUT2D eigenvalue weighted by atomic mass is 35.5. The minimum atomic E-state index is -0.640. The van der Waals surface area contributed by atoms with E-state index in [2.05, 4.69) is 10.3 Å². The number of anilines is 1. The lowest BCUT2D eigenvalue weighted by Crippen LogP contribution is -2.25. The van der Waals surface area contributed by atoms with Gasteiger partial charge < -0.3 is 14.8 Å². The second kappa shape index (κ2) is 11.3. The zero-order chi connectivity index (χ0) is 25.8. The molecule has 1 N–H and O–H groups in total. The Hall–Kier alpha value is -2.81. The molecule has 0 bridgehead atoms. The lowest BCUT2D eigenvalue weighted by Gasteiger charge is -2.19. The van der Waals surface area contributed by atoms with Gasteiger partial charge in [-0.2, -0.15) is 0 Å². The van der Waals surface area contributed by atoms with Crippen molar-refractivity contribution in [3.63, 3.8) is 0 Å². The molecule has 35 heavy (non-hydrogen) atoms. The fourth-order valence-corrected chi connectivity index (χ4v) is 4.71. The molecular formula is C25H24Cl2N2O5S. The first-order valence-electron chi connectivity index (χ1n) is 10.7. The largest absolute Gasteiger partial charge is 0.462 e. The molecule has 0 saturated carbocycles. The molecular weight excluding hydrogens is 511 g/mol. The molecule has 0 aliphatic heterocycles. The van der Waals surface area contributed by atoms with E-state index < -0.39 is 23.4 Å². The van der Waals surface area contributed by atoms with Crippen molar-refractivity contribution >= 4 is 69.4 Å². The minimum absolute atomic E-state index is 0.0331. The number of halogens is 2. The summed E-state index contributed by atoms with van der Waals surface area (Å²) in [6, 6.07) is 9.92. The Bertz CT molecular complexity index is 1270. The number of rotatable bonds is 7. The molecule has 0 spiro atoms. The van der Waals surface area contributed by atoms with Crippen molar-refractivity contribution in [3.8, 4) is 0 Å².